The number of fused-ring (bicyclic) bond motifs is 1. The highest BCUT2D eigenvalue weighted by molar-refractivity contribution is 9.10. The zero-order chi connectivity index (χ0) is 26.1. The van der Waals surface area contributed by atoms with Crippen LogP contribution in [0.3, 0.4) is 0 Å². The maximum Gasteiger partial charge on any atom is 0.311 e. The maximum absolute atomic E-state index is 11.6. The summed E-state index contributed by atoms with van der Waals surface area (Å²) in [6, 6.07) is 20.3. The monoisotopic (exact) mass is 577 g/mol. The summed E-state index contributed by atoms with van der Waals surface area (Å²) in [6.45, 7) is 0. The van der Waals surface area contributed by atoms with Gasteiger partial charge in [0.25, 0.3) is 0 Å². The lowest BCUT2D eigenvalue weighted by Gasteiger charge is -2.07. The fraction of sp³-hybridized carbons (Fsp3) is 0.0370. The van der Waals surface area contributed by atoms with E-state index in [1.807, 2.05) is 18.2 Å². The van der Waals surface area contributed by atoms with Crippen molar-refractivity contribution in [1.82, 2.24) is 4.98 Å². The molecule has 0 bridgehead atoms. The van der Waals surface area contributed by atoms with Gasteiger partial charge in [-0.25, -0.2) is 4.98 Å². The molecule has 2 N–H and O–H groups in total. The van der Waals surface area contributed by atoms with E-state index in [-0.39, 0.29) is 11.3 Å². The van der Waals surface area contributed by atoms with Crippen molar-refractivity contribution in [1.29, 1.82) is 0 Å². The number of benzene rings is 4. The predicted octanol–water partition coefficient (Wildman–Crippen LogP) is 7.57. The Morgan fingerprint density at radius 2 is 1.89 bits per heavy atom. The number of rotatable bonds is 6. The molecular weight excluding hydrogens is 562 g/mol. The van der Waals surface area contributed by atoms with Crippen LogP contribution in [0.4, 0.5) is 11.4 Å². The van der Waals surface area contributed by atoms with Gasteiger partial charge in [-0.1, -0.05) is 29.8 Å². The first-order chi connectivity index (χ1) is 17.8. The second kappa shape index (κ2) is 10.0. The van der Waals surface area contributed by atoms with Crippen molar-refractivity contribution in [3.05, 3.63) is 109 Å². The molecule has 0 aliphatic carbocycles. The lowest BCUT2D eigenvalue weighted by atomic mass is 10.0. The molecule has 0 spiro atoms. The lowest BCUT2D eigenvalue weighted by Crippen LogP contribution is -1.97. The minimum absolute atomic E-state index is 0.107. The molecule has 0 fully saturated rings. The Balaban J connectivity index is 1.47. The van der Waals surface area contributed by atoms with E-state index in [0.29, 0.717) is 49.7 Å². The van der Waals surface area contributed by atoms with Crippen molar-refractivity contribution in [3.8, 4) is 23.0 Å². The second-order valence-electron chi connectivity index (χ2n) is 8.17. The van der Waals surface area contributed by atoms with Crippen LogP contribution >= 0.6 is 27.5 Å². The van der Waals surface area contributed by atoms with E-state index in [4.69, 9.17) is 16.0 Å². The number of oxazole rings is 1. The average molecular weight is 579 g/mol. The smallest absolute Gasteiger partial charge is 0.311 e. The van der Waals surface area contributed by atoms with Crippen molar-refractivity contribution in [2.45, 2.75) is 6.42 Å². The first kappa shape index (κ1) is 24.5. The molecule has 5 rings (SSSR count). The fourth-order valence-electron chi connectivity index (χ4n) is 3.81. The molecule has 0 aliphatic heterocycles. The molecule has 184 valence electrons. The zero-order valence-electron chi connectivity index (χ0n) is 18.9. The second-order valence-corrected chi connectivity index (χ2v) is 9.44. The van der Waals surface area contributed by atoms with Gasteiger partial charge < -0.3 is 14.6 Å². The number of hydrogen-bond acceptors (Lipinski definition) is 7. The molecule has 37 heavy (non-hydrogen) atoms. The van der Waals surface area contributed by atoms with Gasteiger partial charge in [-0.15, -0.1) is 0 Å². The predicted molar refractivity (Wildman–Crippen MR) is 145 cm³/mol. The fourth-order valence-corrected chi connectivity index (χ4v) is 4.39. The van der Waals surface area contributed by atoms with Crippen molar-refractivity contribution in [2.75, 3.05) is 0 Å². The van der Waals surface area contributed by atoms with Crippen LogP contribution in [0.15, 0.2) is 86.7 Å². The molecule has 0 unspecified atom stereocenters. The van der Waals surface area contributed by atoms with E-state index in [1.54, 1.807) is 42.5 Å². The number of aromatic nitrogens is 1. The summed E-state index contributed by atoms with van der Waals surface area (Å²) in [4.78, 5) is 19.8. The van der Waals surface area contributed by atoms with Gasteiger partial charge in [-0.2, -0.15) is 0 Å². The van der Waals surface area contributed by atoms with Crippen LogP contribution in [0.25, 0.3) is 22.6 Å². The first-order valence-corrected chi connectivity index (χ1v) is 12.1. The van der Waals surface area contributed by atoms with E-state index in [2.05, 4.69) is 25.9 Å². The highest BCUT2D eigenvalue weighted by atomic mass is 79.9. The van der Waals surface area contributed by atoms with Gasteiger partial charge in [0, 0.05) is 28.4 Å². The topological polar surface area (TPSA) is 122 Å². The molecular formula is C27H17BrClN3O5. The molecule has 1 heterocycles. The van der Waals surface area contributed by atoms with Gasteiger partial charge in [-0.3, -0.25) is 15.1 Å². The van der Waals surface area contributed by atoms with Gasteiger partial charge in [0.2, 0.25) is 11.6 Å². The Bertz CT molecular complexity index is 1700. The number of nitro groups is 1. The Morgan fingerprint density at radius 1 is 1.08 bits per heavy atom. The molecule has 1 aromatic heterocycles. The standard InChI is InChI=1S/C27H17BrClN3O5/c28-20-12-17(5-7-24(20)33)27-31-22-13-19(6-8-25(22)37-27)30-14-18-10-15(11-23(26(18)34)32(35)36)9-16-3-1-2-4-21(16)29/h1-8,10-14,33-34H,9H2. The van der Waals surface area contributed by atoms with Gasteiger partial charge in [0.1, 0.15) is 11.3 Å². The van der Waals surface area contributed by atoms with E-state index in [0.717, 1.165) is 5.56 Å². The zero-order valence-corrected chi connectivity index (χ0v) is 21.3. The van der Waals surface area contributed by atoms with Crippen molar-refractivity contribution < 1.29 is 19.6 Å². The van der Waals surface area contributed by atoms with Crippen LogP contribution in [0.1, 0.15) is 16.7 Å². The molecule has 0 amide bonds. The molecule has 0 saturated heterocycles. The van der Waals surface area contributed by atoms with E-state index in [9.17, 15) is 20.3 Å². The van der Waals surface area contributed by atoms with Crippen molar-refractivity contribution in [3.63, 3.8) is 0 Å². The number of phenolic OH excluding ortho intramolecular Hbond substituents is 2. The number of nitro benzene ring substituents is 1. The highest BCUT2D eigenvalue weighted by Gasteiger charge is 2.19. The Morgan fingerprint density at radius 3 is 2.65 bits per heavy atom. The molecule has 0 aliphatic rings. The summed E-state index contributed by atoms with van der Waals surface area (Å²) in [5.74, 6) is 0.00708. The first-order valence-electron chi connectivity index (χ1n) is 11.0. The maximum atomic E-state index is 11.6. The van der Waals surface area contributed by atoms with E-state index >= 15 is 0 Å². The number of phenols is 2. The van der Waals surface area contributed by atoms with Crippen molar-refractivity contribution in [2.24, 2.45) is 4.99 Å². The minimum atomic E-state index is -0.632. The van der Waals surface area contributed by atoms with Crippen LogP contribution in [-0.4, -0.2) is 26.3 Å². The highest BCUT2D eigenvalue weighted by Crippen LogP contribution is 2.34. The molecule has 8 nitrogen and oxygen atoms in total. The Kier molecular flexibility index (Phi) is 6.64. The number of hydrogen-bond donors (Lipinski definition) is 2. The van der Waals surface area contributed by atoms with Crippen molar-refractivity contribution >= 4 is 56.2 Å². The number of halogens is 2. The van der Waals surface area contributed by atoms with Crippen LogP contribution in [0.2, 0.25) is 5.02 Å². The molecule has 0 radical (unpaired) electrons. The number of nitrogens with zero attached hydrogens (tertiary/aromatic N) is 3. The van der Waals surface area contributed by atoms with Gasteiger partial charge >= 0.3 is 5.69 Å². The third-order valence-corrected chi connectivity index (χ3v) is 6.65. The van der Waals surface area contributed by atoms with Crippen LogP contribution in [0, 0.1) is 10.1 Å². The summed E-state index contributed by atoms with van der Waals surface area (Å²) in [6.07, 6.45) is 1.72. The lowest BCUT2D eigenvalue weighted by molar-refractivity contribution is -0.385. The largest absolute Gasteiger partial charge is 0.507 e. The Hall–Kier alpha value is -4.21. The van der Waals surface area contributed by atoms with Crippen LogP contribution in [0.5, 0.6) is 11.5 Å². The molecule has 0 saturated carbocycles. The number of aliphatic imine (C=N–C) groups is 1. The third-order valence-electron chi connectivity index (χ3n) is 5.65. The molecule has 10 heteroatoms. The average Bonchev–Trinajstić information content (AvgIpc) is 3.30. The van der Waals surface area contributed by atoms with Gasteiger partial charge in [0.15, 0.2) is 5.58 Å². The normalized spacial score (nSPS) is 11.4. The van der Waals surface area contributed by atoms with Gasteiger partial charge in [-0.05, 0) is 82.0 Å². The van der Waals surface area contributed by atoms with Crippen LogP contribution in [-0.2, 0) is 6.42 Å². The summed E-state index contributed by atoms with van der Waals surface area (Å²) in [5, 5.41) is 32.3. The molecule has 0 atom stereocenters. The van der Waals surface area contributed by atoms with Gasteiger partial charge in [0.05, 0.1) is 15.1 Å². The summed E-state index contributed by atoms with van der Waals surface area (Å²) in [7, 11) is 0. The van der Waals surface area contributed by atoms with E-state index in [1.165, 1.54) is 18.3 Å². The molecule has 4 aromatic carbocycles. The Labute approximate surface area is 223 Å². The summed E-state index contributed by atoms with van der Waals surface area (Å²) < 4.78 is 6.34. The van der Waals surface area contributed by atoms with E-state index < -0.39 is 16.4 Å². The SMILES string of the molecule is O=[N+]([O-])c1cc(Cc2ccccc2Cl)cc(C=Nc2ccc3oc(-c4ccc(O)c(Br)c4)nc3c2)c1O. The minimum Gasteiger partial charge on any atom is -0.507 e. The quantitative estimate of drug-likeness (QED) is 0.122. The summed E-state index contributed by atoms with van der Waals surface area (Å²) >= 11 is 9.54. The van der Waals surface area contributed by atoms with Crippen LogP contribution < -0.4 is 0 Å². The molecule has 5 aromatic rings. The third kappa shape index (κ3) is 5.18. The summed E-state index contributed by atoms with van der Waals surface area (Å²) in [5.41, 5.74) is 3.48. The number of aromatic hydroxyl groups is 2.